The van der Waals surface area contributed by atoms with Gasteiger partial charge in [-0.2, -0.15) is 0 Å². The van der Waals surface area contributed by atoms with E-state index in [1.165, 1.54) is 25.7 Å². The summed E-state index contributed by atoms with van der Waals surface area (Å²) in [6.45, 7) is 4.00. The average Bonchev–Trinajstić information content (AvgIpc) is 3.91. The topological polar surface area (TPSA) is 168 Å². The average molecular weight is 685 g/mol. The van der Waals surface area contributed by atoms with Gasteiger partial charge in [-0.1, -0.05) is 121 Å². The molecule has 264 valence electrons. The summed E-state index contributed by atoms with van der Waals surface area (Å²) >= 11 is 0. The minimum absolute atomic E-state index is 0.483. The first kappa shape index (κ1) is 39.1. The normalized spacial score (nSPS) is 15.5. The van der Waals surface area contributed by atoms with Gasteiger partial charge < -0.3 is 29.9 Å². The van der Waals surface area contributed by atoms with Gasteiger partial charge in [-0.25, -0.2) is 0 Å². The maximum absolute atomic E-state index is 11.6. The molecule has 10 heteroatoms. The highest BCUT2D eigenvalue weighted by Crippen LogP contribution is 2.35. The Labute approximate surface area is 291 Å². The van der Waals surface area contributed by atoms with Crippen molar-refractivity contribution >= 4 is 23.9 Å². The van der Waals surface area contributed by atoms with Crippen molar-refractivity contribution in [2.45, 2.75) is 49.4 Å². The summed E-state index contributed by atoms with van der Waals surface area (Å²) in [5, 5.41) is 37.8. The Balaban J connectivity index is 0.000000211. The molecular weight excluding hydrogens is 640 g/mol. The lowest BCUT2D eigenvalue weighted by molar-refractivity contribution is -0.147. The maximum atomic E-state index is 11.6. The molecule has 4 atom stereocenters. The molecule has 4 aromatic carbocycles. The van der Waals surface area contributed by atoms with Gasteiger partial charge >= 0.3 is 23.9 Å². The number of aliphatic carboxylic acids is 4. The van der Waals surface area contributed by atoms with Crippen LogP contribution in [-0.4, -0.2) is 70.7 Å². The Morgan fingerprint density at radius 3 is 0.660 bits per heavy atom. The lowest BCUT2D eigenvalue weighted by Crippen LogP contribution is -2.26. The first-order valence-electron chi connectivity index (χ1n) is 16.5. The van der Waals surface area contributed by atoms with E-state index in [9.17, 15) is 39.6 Å². The number of carboxylic acids is 4. The van der Waals surface area contributed by atoms with Gasteiger partial charge in [-0.15, -0.1) is 0 Å². The lowest BCUT2D eigenvalue weighted by atomic mass is 9.81. The number of carboxylic acid groups (broad SMARTS) is 4. The molecule has 6 rings (SSSR count). The third-order valence-corrected chi connectivity index (χ3v) is 8.02. The fourth-order valence-electron chi connectivity index (χ4n) is 5.57. The van der Waals surface area contributed by atoms with Crippen LogP contribution in [-0.2, 0) is 28.7 Å². The van der Waals surface area contributed by atoms with Gasteiger partial charge in [0.15, 0.2) is 0 Å². The molecule has 10 nitrogen and oxygen atoms in total. The predicted molar refractivity (Wildman–Crippen MR) is 187 cm³/mol. The molecule has 0 unspecified atom stereocenters. The summed E-state index contributed by atoms with van der Waals surface area (Å²) in [5.74, 6) is -9.04. The number of benzene rings is 4. The summed E-state index contributed by atoms with van der Waals surface area (Å²) in [6.07, 6.45) is 5.11. The van der Waals surface area contributed by atoms with Gasteiger partial charge in [0, 0.05) is 26.4 Å². The maximum Gasteiger partial charge on any atom is 0.312 e. The zero-order valence-corrected chi connectivity index (χ0v) is 27.8. The van der Waals surface area contributed by atoms with Gasteiger partial charge in [-0.3, -0.25) is 19.2 Å². The molecule has 2 fully saturated rings. The van der Waals surface area contributed by atoms with Crippen molar-refractivity contribution < 1.29 is 49.1 Å². The SMILES string of the molecule is C1CCOC1.C1CCOC1.O=C(O)[C@@H](c1ccccc1)[C@@H](C(=O)O)c1ccccc1.O=C(O)[C@@H](c1ccccc1)[C@@H](C(=O)O)c1ccccc1. The molecule has 4 N–H and O–H groups in total. The van der Waals surface area contributed by atoms with Gasteiger partial charge in [0.25, 0.3) is 0 Å². The van der Waals surface area contributed by atoms with Crippen molar-refractivity contribution in [2.24, 2.45) is 0 Å². The second kappa shape index (κ2) is 21.6. The largest absolute Gasteiger partial charge is 0.481 e. The van der Waals surface area contributed by atoms with E-state index in [0.717, 1.165) is 26.4 Å². The van der Waals surface area contributed by atoms with E-state index < -0.39 is 47.5 Å². The van der Waals surface area contributed by atoms with E-state index in [1.54, 1.807) is 121 Å². The van der Waals surface area contributed by atoms with Gasteiger partial charge in [0.2, 0.25) is 0 Å². The fourth-order valence-corrected chi connectivity index (χ4v) is 5.57. The Kier molecular flexibility index (Phi) is 16.9. The fraction of sp³-hybridized carbons (Fsp3) is 0.300. The van der Waals surface area contributed by atoms with Crippen molar-refractivity contribution in [1.29, 1.82) is 0 Å². The third-order valence-electron chi connectivity index (χ3n) is 8.02. The van der Waals surface area contributed by atoms with Crippen LogP contribution in [0.2, 0.25) is 0 Å². The number of rotatable bonds is 10. The summed E-state index contributed by atoms with van der Waals surface area (Å²) in [5.41, 5.74) is 1.93. The summed E-state index contributed by atoms with van der Waals surface area (Å²) in [6, 6.07) is 33.8. The lowest BCUT2D eigenvalue weighted by Gasteiger charge is -2.21. The van der Waals surface area contributed by atoms with E-state index >= 15 is 0 Å². The summed E-state index contributed by atoms with van der Waals surface area (Å²) in [4.78, 5) is 46.2. The predicted octanol–water partition coefficient (Wildman–Crippen LogP) is 7.04. The Hall–Kier alpha value is -5.32. The number of hydrogen-bond donors (Lipinski definition) is 4. The standard InChI is InChI=1S/2C16H14O4.2C4H8O/c2*17-15(18)13(11-7-3-1-4-8-11)14(16(19)20)12-9-5-2-6-10-12;2*1-2-4-5-3-1/h2*1-10,13-14H,(H,17,18)(H,19,20);2*1-4H2/t2*13-,14-;;/m00../s1. The van der Waals surface area contributed by atoms with Gasteiger partial charge in [-0.05, 0) is 47.9 Å². The van der Waals surface area contributed by atoms with Crippen molar-refractivity contribution in [3.05, 3.63) is 144 Å². The van der Waals surface area contributed by atoms with Crippen LogP contribution in [0.3, 0.4) is 0 Å². The van der Waals surface area contributed by atoms with Crippen LogP contribution < -0.4 is 0 Å². The highest BCUT2D eigenvalue weighted by Gasteiger charge is 2.37. The minimum atomic E-state index is -1.15. The van der Waals surface area contributed by atoms with Crippen LogP contribution in [0.25, 0.3) is 0 Å². The van der Waals surface area contributed by atoms with E-state index in [-0.39, 0.29) is 0 Å². The van der Waals surface area contributed by atoms with Gasteiger partial charge in [0.1, 0.15) is 0 Å². The van der Waals surface area contributed by atoms with Crippen molar-refractivity contribution in [3.8, 4) is 0 Å². The number of ether oxygens (including phenoxy) is 2. The molecule has 50 heavy (non-hydrogen) atoms. The smallest absolute Gasteiger partial charge is 0.312 e. The number of hydrogen-bond acceptors (Lipinski definition) is 6. The monoisotopic (exact) mass is 684 g/mol. The highest BCUT2D eigenvalue weighted by molar-refractivity contribution is 5.89. The van der Waals surface area contributed by atoms with Crippen LogP contribution in [0.1, 0.15) is 71.6 Å². The van der Waals surface area contributed by atoms with Crippen LogP contribution in [0.15, 0.2) is 121 Å². The van der Waals surface area contributed by atoms with Crippen molar-refractivity contribution in [1.82, 2.24) is 0 Å². The molecule has 0 saturated carbocycles. The van der Waals surface area contributed by atoms with E-state index in [4.69, 9.17) is 9.47 Å². The van der Waals surface area contributed by atoms with Crippen LogP contribution in [0, 0.1) is 0 Å². The van der Waals surface area contributed by atoms with Crippen LogP contribution in [0.5, 0.6) is 0 Å². The molecule has 0 amide bonds. The summed E-state index contributed by atoms with van der Waals surface area (Å²) < 4.78 is 9.89. The van der Waals surface area contributed by atoms with Crippen LogP contribution >= 0.6 is 0 Å². The zero-order chi connectivity index (χ0) is 36.1. The van der Waals surface area contributed by atoms with E-state index in [2.05, 4.69) is 0 Å². The molecule has 0 radical (unpaired) electrons. The summed E-state index contributed by atoms with van der Waals surface area (Å²) in [7, 11) is 0. The molecule has 0 aromatic heterocycles. The minimum Gasteiger partial charge on any atom is -0.481 e. The third kappa shape index (κ3) is 12.6. The second-order valence-corrected chi connectivity index (χ2v) is 11.5. The van der Waals surface area contributed by atoms with Gasteiger partial charge in [0.05, 0.1) is 23.7 Å². The molecule has 4 aromatic rings. The molecule has 2 aliphatic heterocycles. The first-order chi connectivity index (χ1) is 24.2. The quantitative estimate of drug-likeness (QED) is 0.136. The van der Waals surface area contributed by atoms with E-state index in [0.29, 0.717) is 22.3 Å². The molecule has 0 aliphatic carbocycles. The Morgan fingerprint density at radius 1 is 0.360 bits per heavy atom. The molecule has 0 bridgehead atoms. The molecular formula is C40H44O10. The number of carbonyl (C=O) groups is 4. The Bertz CT molecular complexity index is 1320. The van der Waals surface area contributed by atoms with Crippen LogP contribution in [0.4, 0.5) is 0 Å². The molecule has 2 aliphatic rings. The zero-order valence-electron chi connectivity index (χ0n) is 27.8. The molecule has 2 heterocycles. The first-order valence-corrected chi connectivity index (χ1v) is 16.5. The van der Waals surface area contributed by atoms with E-state index in [1.807, 2.05) is 0 Å². The molecule has 2 saturated heterocycles. The Morgan fingerprint density at radius 2 is 0.540 bits per heavy atom. The van der Waals surface area contributed by atoms with Crippen molar-refractivity contribution in [3.63, 3.8) is 0 Å². The van der Waals surface area contributed by atoms with Crippen molar-refractivity contribution in [2.75, 3.05) is 26.4 Å². The second-order valence-electron chi connectivity index (χ2n) is 11.5. The molecule has 0 spiro atoms. The highest BCUT2D eigenvalue weighted by atomic mass is 16.5.